The number of nitrogens with one attached hydrogen (secondary N) is 1. The fourth-order valence-electron chi connectivity index (χ4n) is 2.51. The molecule has 3 heteroatoms. The summed E-state index contributed by atoms with van der Waals surface area (Å²) < 4.78 is 13.3. The first-order valence-corrected chi connectivity index (χ1v) is 6.95. The molecule has 0 amide bonds. The zero-order valence-electron chi connectivity index (χ0n) is 11.1. The van der Waals surface area contributed by atoms with E-state index >= 15 is 0 Å². The van der Waals surface area contributed by atoms with Crippen molar-refractivity contribution in [3.05, 3.63) is 22.7 Å². The monoisotopic (exact) mass is 259 g/mol. The normalized spacial score (nSPS) is 14.9. The van der Waals surface area contributed by atoms with Gasteiger partial charge in [-0.3, -0.25) is 0 Å². The lowest BCUT2D eigenvalue weighted by Crippen LogP contribution is -2.22. The van der Waals surface area contributed by atoms with Gasteiger partial charge in [-0.15, -0.1) is 0 Å². The van der Waals surface area contributed by atoms with E-state index in [-0.39, 0.29) is 16.3 Å². The maximum atomic E-state index is 13.3. The first kappa shape index (κ1) is 14.6. The highest BCUT2D eigenvalue weighted by atomic mass is 35.5. The van der Waals surface area contributed by atoms with E-state index in [4.69, 9.17) is 11.6 Å². The molecule has 1 heterocycles. The number of halogens is 2. The molecule has 0 aromatic carbocycles. The van der Waals surface area contributed by atoms with Crippen molar-refractivity contribution in [3.8, 4) is 0 Å². The van der Waals surface area contributed by atoms with Crippen molar-refractivity contribution in [2.24, 2.45) is 0 Å². The summed E-state index contributed by atoms with van der Waals surface area (Å²) in [5.74, 6) is -0.334. The molecular formula is C14H23ClFN. The molecule has 98 valence electrons. The Labute approximate surface area is 109 Å². The predicted octanol–water partition coefficient (Wildman–Crippen LogP) is 5.45. The molecular weight excluding hydrogens is 237 g/mol. The van der Waals surface area contributed by atoms with Gasteiger partial charge in [-0.05, 0) is 12.8 Å². The van der Waals surface area contributed by atoms with E-state index in [0.717, 1.165) is 25.0 Å². The second kappa shape index (κ2) is 6.44. The van der Waals surface area contributed by atoms with E-state index < -0.39 is 0 Å². The van der Waals surface area contributed by atoms with Gasteiger partial charge < -0.3 is 4.98 Å². The number of rotatable bonds is 7. The highest BCUT2D eigenvalue weighted by Crippen LogP contribution is 2.38. The van der Waals surface area contributed by atoms with Crippen LogP contribution in [-0.2, 0) is 5.41 Å². The first-order chi connectivity index (χ1) is 8.05. The number of unbranched alkanes of at least 4 members (excludes halogenated alkanes) is 2. The van der Waals surface area contributed by atoms with Crippen LogP contribution in [0.25, 0.3) is 0 Å². The Morgan fingerprint density at radius 2 is 1.94 bits per heavy atom. The quantitative estimate of drug-likeness (QED) is 0.627. The van der Waals surface area contributed by atoms with Gasteiger partial charge in [0.05, 0.1) is 5.02 Å². The molecule has 1 nitrogen and oxygen atoms in total. The second-order valence-electron chi connectivity index (χ2n) is 5.09. The van der Waals surface area contributed by atoms with Crippen molar-refractivity contribution in [1.82, 2.24) is 4.98 Å². The van der Waals surface area contributed by atoms with Crippen molar-refractivity contribution in [2.45, 2.75) is 64.7 Å². The summed E-state index contributed by atoms with van der Waals surface area (Å²) in [6.07, 6.45) is 8.15. The van der Waals surface area contributed by atoms with Crippen LogP contribution in [0, 0.1) is 5.82 Å². The van der Waals surface area contributed by atoms with E-state index in [9.17, 15) is 4.39 Å². The maximum Gasteiger partial charge on any atom is 0.159 e. The standard InChI is InChI=1S/C14H23ClFN/c1-4-6-7-9-14(3,8-5-2)13-12(15)11(16)10-17-13/h10,17H,4-9H2,1-3H3. The summed E-state index contributed by atoms with van der Waals surface area (Å²) in [5, 5.41) is 0.275. The molecule has 17 heavy (non-hydrogen) atoms. The van der Waals surface area contributed by atoms with Crippen LogP contribution < -0.4 is 0 Å². The molecule has 0 aliphatic heterocycles. The molecule has 0 bridgehead atoms. The van der Waals surface area contributed by atoms with Crippen LogP contribution in [0.15, 0.2) is 6.20 Å². The van der Waals surface area contributed by atoms with Crippen LogP contribution in [0.2, 0.25) is 5.02 Å². The zero-order valence-corrected chi connectivity index (χ0v) is 11.8. The molecule has 0 aliphatic carbocycles. The number of H-pyrrole nitrogens is 1. The van der Waals surface area contributed by atoms with Crippen molar-refractivity contribution >= 4 is 11.6 Å². The molecule has 1 aromatic rings. The maximum absolute atomic E-state index is 13.3. The lowest BCUT2D eigenvalue weighted by Gasteiger charge is -2.29. The van der Waals surface area contributed by atoms with E-state index in [1.54, 1.807) is 0 Å². The molecule has 0 saturated carbocycles. The molecule has 0 spiro atoms. The van der Waals surface area contributed by atoms with Gasteiger partial charge in [-0.1, -0.05) is 58.1 Å². The van der Waals surface area contributed by atoms with Gasteiger partial charge in [0.25, 0.3) is 0 Å². The van der Waals surface area contributed by atoms with E-state index in [0.29, 0.717) is 0 Å². The van der Waals surface area contributed by atoms with Gasteiger partial charge >= 0.3 is 0 Å². The Balaban J connectivity index is 2.86. The van der Waals surface area contributed by atoms with E-state index in [1.807, 2.05) is 0 Å². The molecule has 1 aromatic heterocycles. The molecule has 1 atom stereocenters. The Hall–Kier alpha value is -0.500. The highest BCUT2D eigenvalue weighted by Gasteiger charge is 2.30. The van der Waals surface area contributed by atoms with Gasteiger partial charge in [0.2, 0.25) is 0 Å². The summed E-state index contributed by atoms with van der Waals surface area (Å²) in [7, 11) is 0. The van der Waals surface area contributed by atoms with Crippen LogP contribution in [0.5, 0.6) is 0 Å². The fraction of sp³-hybridized carbons (Fsp3) is 0.714. The van der Waals surface area contributed by atoms with Gasteiger partial charge in [0, 0.05) is 17.3 Å². The van der Waals surface area contributed by atoms with Crippen molar-refractivity contribution in [3.63, 3.8) is 0 Å². The average molecular weight is 260 g/mol. The lowest BCUT2D eigenvalue weighted by molar-refractivity contribution is 0.370. The minimum absolute atomic E-state index is 0.0225. The molecule has 1 N–H and O–H groups in total. The van der Waals surface area contributed by atoms with Crippen LogP contribution in [-0.4, -0.2) is 4.98 Å². The molecule has 1 rings (SSSR count). The minimum Gasteiger partial charge on any atom is -0.361 e. The summed E-state index contributed by atoms with van der Waals surface area (Å²) >= 11 is 6.04. The third kappa shape index (κ3) is 3.48. The molecule has 1 unspecified atom stereocenters. The van der Waals surface area contributed by atoms with Gasteiger partial charge in [-0.2, -0.15) is 0 Å². The van der Waals surface area contributed by atoms with Gasteiger partial charge in [0.15, 0.2) is 5.82 Å². The van der Waals surface area contributed by atoms with E-state index in [2.05, 4.69) is 25.8 Å². The number of aromatic amines is 1. The third-order valence-corrected chi connectivity index (χ3v) is 3.88. The topological polar surface area (TPSA) is 15.8 Å². The number of aromatic nitrogens is 1. The van der Waals surface area contributed by atoms with Crippen LogP contribution in [0.4, 0.5) is 4.39 Å². The van der Waals surface area contributed by atoms with Crippen molar-refractivity contribution in [1.29, 1.82) is 0 Å². The summed E-state index contributed by atoms with van der Waals surface area (Å²) in [5.41, 5.74) is 0.848. The van der Waals surface area contributed by atoms with Crippen LogP contribution in [0.1, 0.15) is 65.0 Å². The van der Waals surface area contributed by atoms with Gasteiger partial charge in [-0.25, -0.2) is 4.39 Å². The van der Waals surface area contributed by atoms with Crippen LogP contribution in [0.3, 0.4) is 0 Å². The lowest BCUT2D eigenvalue weighted by atomic mass is 9.78. The Bertz CT molecular complexity index is 348. The Kier molecular flexibility index (Phi) is 5.51. The first-order valence-electron chi connectivity index (χ1n) is 6.58. The number of hydrogen-bond acceptors (Lipinski definition) is 0. The van der Waals surface area contributed by atoms with Crippen LogP contribution >= 0.6 is 11.6 Å². The molecule has 0 saturated heterocycles. The SMILES string of the molecule is CCCCCC(C)(CCC)c1[nH]cc(F)c1Cl. The average Bonchev–Trinajstić information content (AvgIpc) is 2.61. The summed E-state index contributed by atoms with van der Waals surface area (Å²) in [4.78, 5) is 3.02. The number of hydrogen-bond donors (Lipinski definition) is 1. The largest absolute Gasteiger partial charge is 0.361 e. The molecule has 0 aliphatic rings. The summed E-state index contributed by atoms with van der Waals surface area (Å²) in [6, 6.07) is 0. The predicted molar refractivity (Wildman–Crippen MR) is 72.2 cm³/mol. The fourth-order valence-corrected chi connectivity index (χ4v) is 2.85. The minimum atomic E-state index is -0.334. The Morgan fingerprint density at radius 3 is 2.41 bits per heavy atom. The van der Waals surface area contributed by atoms with Crippen molar-refractivity contribution < 1.29 is 4.39 Å². The van der Waals surface area contributed by atoms with Gasteiger partial charge in [0.1, 0.15) is 0 Å². The van der Waals surface area contributed by atoms with E-state index in [1.165, 1.54) is 25.5 Å². The third-order valence-electron chi connectivity index (χ3n) is 3.51. The smallest absolute Gasteiger partial charge is 0.159 e. The highest BCUT2D eigenvalue weighted by molar-refractivity contribution is 6.31. The zero-order chi connectivity index (χ0) is 12.9. The van der Waals surface area contributed by atoms with Crippen molar-refractivity contribution in [2.75, 3.05) is 0 Å². The molecule has 0 fully saturated rings. The molecule has 0 radical (unpaired) electrons. The summed E-state index contributed by atoms with van der Waals surface area (Å²) in [6.45, 7) is 6.53. The second-order valence-corrected chi connectivity index (χ2v) is 5.47. The Morgan fingerprint density at radius 1 is 1.24 bits per heavy atom.